The first-order chi connectivity index (χ1) is 16.0. The van der Waals surface area contributed by atoms with Crippen molar-refractivity contribution in [1.82, 2.24) is 15.0 Å². The SMILES string of the molecule is CC(C)Oc1ccc(-c2nc(-c3ccc4c(c3)CCN(CC(O)CO)CC4)no2)cc1C#N. The number of hydrogen-bond donors (Lipinski definition) is 2. The summed E-state index contributed by atoms with van der Waals surface area (Å²) >= 11 is 0. The molecule has 8 heteroatoms. The third-order valence-corrected chi connectivity index (χ3v) is 5.67. The fourth-order valence-corrected chi connectivity index (χ4v) is 4.01. The monoisotopic (exact) mass is 448 g/mol. The molecule has 1 aromatic heterocycles. The lowest BCUT2D eigenvalue weighted by molar-refractivity contribution is 0.0605. The zero-order valence-corrected chi connectivity index (χ0v) is 18.9. The number of fused-ring (bicyclic) bond motifs is 1. The smallest absolute Gasteiger partial charge is 0.258 e. The number of aliphatic hydroxyl groups excluding tert-OH is 2. The Balaban J connectivity index is 1.53. The van der Waals surface area contributed by atoms with E-state index >= 15 is 0 Å². The second kappa shape index (κ2) is 10.1. The number of nitriles is 1. The molecule has 2 aromatic carbocycles. The minimum absolute atomic E-state index is 0.0296. The van der Waals surface area contributed by atoms with Crippen LogP contribution in [0.5, 0.6) is 5.75 Å². The second-order valence-electron chi connectivity index (χ2n) is 8.53. The maximum absolute atomic E-state index is 9.75. The maximum atomic E-state index is 9.75. The molecule has 33 heavy (non-hydrogen) atoms. The first-order valence-electron chi connectivity index (χ1n) is 11.1. The number of hydrogen-bond acceptors (Lipinski definition) is 8. The lowest BCUT2D eigenvalue weighted by atomic mass is 10.00. The summed E-state index contributed by atoms with van der Waals surface area (Å²) in [7, 11) is 0. The molecule has 0 saturated heterocycles. The maximum Gasteiger partial charge on any atom is 0.258 e. The number of nitrogens with zero attached hydrogens (tertiary/aromatic N) is 4. The summed E-state index contributed by atoms with van der Waals surface area (Å²) in [6.07, 6.45) is 0.979. The molecule has 0 spiro atoms. The first-order valence-corrected chi connectivity index (χ1v) is 11.1. The van der Waals surface area contributed by atoms with Gasteiger partial charge in [-0.2, -0.15) is 10.2 Å². The number of aliphatic hydroxyl groups is 2. The number of ether oxygens (including phenoxy) is 1. The molecule has 1 atom stereocenters. The van der Waals surface area contributed by atoms with Crippen LogP contribution in [0.15, 0.2) is 40.9 Å². The molecule has 0 radical (unpaired) electrons. The molecule has 3 aromatic rings. The van der Waals surface area contributed by atoms with E-state index in [9.17, 15) is 10.4 Å². The summed E-state index contributed by atoms with van der Waals surface area (Å²) in [4.78, 5) is 6.73. The molecule has 0 bridgehead atoms. The van der Waals surface area contributed by atoms with Crippen molar-refractivity contribution in [3.05, 3.63) is 53.1 Å². The average Bonchev–Trinajstić information content (AvgIpc) is 3.22. The first kappa shape index (κ1) is 22.9. The Labute approximate surface area is 193 Å². The van der Waals surface area contributed by atoms with E-state index in [-0.39, 0.29) is 12.7 Å². The van der Waals surface area contributed by atoms with E-state index in [4.69, 9.17) is 14.4 Å². The Kier molecular flexibility index (Phi) is 7.04. The number of benzene rings is 2. The van der Waals surface area contributed by atoms with Crippen molar-refractivity contribution >= 4 is 0 Å². The van der Waals surface area contributed by atoms with E-state index < -0.39 is 6.10 Å². The Hall–Kier alpha value is -3.25. The van der Waals surface area contributed by atoms with E-state index in [0.29, 0.717) is 35.1 Å². The molecular weight excluding hydrogens is 420 g/mol. The molecular formula is C25H28N4O4. The molecule has 0 saturated carbocycles. The zero-order chi connectivity index (χ0) is 23.4. The van der Waals surface area contributed by atoms with Crippen LogP contribution in [0.2, 0.25) is 0 Å². The minimum atomic E-state index is -0.716. The van der Waals surface area contributed by atoms with Crippen molar-refractivity contribution in [2.75, 3.05) is 26.2 Å². The highest BCUT2D eigenvalue weighted by Crippen LogP contribution is 2.29. The van der Waals surface area contributed by atoms with Gasteiger partial charge < -0.3 is 24.4 Å². The van der Waals surface area contributed by atoms with Crippen LogP contribution in [-0.2, 0) is 12.8 Å². The molecule has 0 aliphatic carbocycles. The van der Waals surface area contributed by atoms with Gasteiger partial charge in [0.1, 0.15) is 11.8 Å². The van der Waals surface area contributed by atoms with Gasteiger partial charge in [-0.3, -0.25) is 0 Å². The summed E-state index contributed by atoms with van der Waals surface area (Å²) in [6, 6.07) is 13.6. The molecule has 4 rings (SSSR count). The van der Waals surface area contributed by atoms with Crippen molar-refractivity contribution in [2.45, 2.75) is 38.9 Å². The molecule has 2 N–H and O–H groups in total. The van der Waals surface area contributed by atoms with Gasteiger partial charge in [-0.25, -0.2) is 0 Å². The highest BCUT2D eigenvalue weighted by Gasteiger charge is 2.19. The predicted molar refractivity (Wildman–Crippen MR) is 123 cm³/mol. The van der Waals surface area contributed by atoms with Crippen LogP contribution in [0, 0.1) is 11.3 Å². The number of aromatic nitrogens is 2. The molecule has 1 aliphatic heterocycles. The van der Waals surface area contributed by atoms with E-state index in [1.165, 1.54) is 11.1 Å². The van der Waals surface area contributed by atoms with Crippen molar-refractivity contribution in [3.63, 3.8) is 0 Å². The van der Waals surface area contributed by atoms with Crippen molar-refractivity contribution in [2.24, 2.45) is 0 Å². The summed E-state index contributed by atoms with van der Waals surface area (Å²) in [5.74, 6) is 1.37. The van der Waals surface area contributed by atoms with Gasteiger partial charge in [-0.05, 0) is 62.1 Å². The summed E-state index contributed by atoms with van der Waals surface area (Å²) < 4.78 is 11.2. The van der Waals surface area contributed by atoms with Crippen molar-refractivity contribution < 1.29 is 19.5 Å². The molecule has 8 nitrogen and oxygen atoms in total. The van der Waals surface area contributed by atoms with E-state index in [1.54, 1.807) is 12.1 Å². The third kappa shape index (κ3) is 5.40. The minimum Gasteiger partial charge on any atom is -0.490 e. The summed E-state index contributed by atoms with van der Waals surface area (Å²) in [5, 5.41) is 32.5. The Morgan fingerprint density at radius 2 is 1.88 bits per heavy atom. The Morgan fingerprint density at radius 1 is 1.12 bits per heavy atom. The van der Waals surface area contributed by atoms with Gasteiger partial charge >= 0.3 is 0 Å². The Bertz CT molecular complexity index is 1150. The quantitative estimate of drug-likeness (QED) is 0.567. The van der Waals surface area contributed by atoms with Crippen LogP contribution in [0.3, 0.4) is 0 Å². The highest BCUT2D eigenvalue weighted by molar-refractivity contribution is 5.64. The molecule has 0 fully saturated rings. The standard InChI is InChI=1S/C25H28N4O4/c1-16(2)32-23-6-5-20(12-21(23)13-26)25-27-24(28-33-25)19-4-3-17-7-9-29(14-22(31)15-30)10-8-18(17)11-19/h3-6,11-12,16,22,30-31H,7-10,14-15H2,1-2H3. The van der Waals surface area contributed by atoms with Gasteiger partial charge in [-0.15, -0.1) is 0 Å². The number of rotatable bonds is 7. The van der Waals surface area contributed by atoms with Crippen LogP contribution in [0.25, 0.3) is 22.8 Å². The topological polar surface area (TPSA) is 116 Å². The fourth-order valence-electron chi connectivity index (χ4n) is 4.01. The van der Waals surface area contributed by atoms with Crippen LogP contribution in [0.4, 0.5) is 0 Å². The lowest BCUT2D eigenvalue weighted by Crippen LogP contribution is -2.35. The van der Waals surface area contributed by atoms with Crippen LogP contribution in [-0.4, -0.2) is 63.7 Å². The van der Waals surface area contributed by atoms with Crippen molar-refractivity contribution in [1.29, 1.82) is 5.26 Å². The predicted octanol–water partition coefficient (Wildman–Crippen LogP) is 2.82. The largest absolute Gasteiger partial charge is 0.490 e. The van der Waals surface area contributed by atoms with Gasteiger partial charge in [-0.1, -0.05) is 17.3 Å². The van der Waals surface area contributed by atoms with Crippen LogP contribution in [0.1, 0.15) is 30.5 Å². The normalized spacial score (nSPS) is 15.0. The molecule has 0 amide bonds. The second-order valence-corrected chi connectivity index (χ2v) is 8.53. The lowest BCUT2D eigenvalue weighted by Gasteiger charge is -2.21. The third-order valence-electron chi connectivity index (χ3n) is 5.67. The van der Waals surface area contributed by atoms with Gasteiger partial charge in [0.25, 0.3) is 5.89 Å². The van der Waals surface area contributed by atoms with Gasteiger partial charge in [0.05, 0.1) is 24.4 Å². The van der Waals surface area contributed by atoms with Crippen LogP contribution < -0.4 is 4.74 Å². The Morgan fingerprint density at radius 3 is 2.61 bits per heavy atom. The zero-order valence-electron chi connectivity index (χ0n) is 18.9. The highest BCUT2D eigenvalue weighted by atomic mass is 16.5. The number of β-amino-alcohol motifs (C(OH)–C–C–N with tert-alkyl or cyclic N) is 1. The summed E-state index contributed by atoms with van der Waals surface area (Å²) in [6.45, 7) is 5.72. The molecule has 1 unspecified atom stereocenters. The van der Waals surface area contributed by atoms with Gasteiger partial charge in [0, 0.05) is 30.8 Å². The van der Waals surface area contributed by atoms with E-state index in [0.717, 1.165) is 31.5 Å². The molecule has 1 aliphatic rings. The van der Waals surface area contributed by atoms with Crippen LogP contribution >= 0.6 is 0 Å². The van der Waals surface area contributed by atoms with Gasteiger partial charge in [0.15, 0.2) is 0 Å². The van der Waals surface area contributed by atoms with Gasteiger partial charge in [0.2, 0.25) is 5.82 Å². The summed E-state index contributed by atoms with van der Waals surface area (Å²) in [5.41, 5.74) is 4.44. The molecule has 172 valence electrons. The van der Waals surface area contributed by atoms with E-state index in [1.807, 2.05) is 26.0 Å². The van der Waals surface area contributed by atoms with Crippen molar-refractivity contribution in [3.8, 4) is 34.7 Å². The average molecular weight is 449 g/mol. The van der Waals surface area contributed by atoms with E-state index in [2.05, 4.69) is 33.2 Å². The molecule has 2 heterocycles. The fraction of sp³-hybridized carbons (Fsp3) is 0.400.